The van der Waals surface area contributed by atoms with Gasteiger partial charge in [0.1, 0.15) is 6.79 Å². The molecule has 0 spiro atoms. The molecule has 0 aliphatic rings. The van der Waals surface area contributed by atoms with Crippen LogP contribution in [0.4, 0.5) is 0 Å². The van der Waals surface area contributed by atoms with Crippen LogP contribution in [0.5, 0.6) is 0 Å². The Labute approximate surface area is 142 Å². The third-order valence-electron chi connectivity index (χ3n) is 3.44. The van der Waals surface area contributed by atoms with Gasteiger partial charge in [-0.2, -0.15) is 0 Å². The van der Waals surface area contributed by atoms with Gasteiger partial charge in [-0.05, 0) is 23.6 Å². The fraction of sp³-hybridized carbons (Fsp3) is 0.318. The molecule has 2 aromatic carbocycles. The molecule has 0 saturated carbocycles. The minimum absolute atomic E-state index is 1.11. The summed E-state index contributed by atoms with van der Waals surface area (Å²) in [5, 5.41) is 0. The molecule has 0 unspecified atom stereocenters. The molecule has 0 atom stereocenters. The van der Waals surface area contributed by atoms with E-state index >= 15 is 0 Å². The lowest BCUT2D eigenvalue weighted by Gasteiger charge is -2.03. The van der Waals surface area contributed by atoms with Crippen molar-refractivity contribution in [3.05, 3.63) is 66.7 Å². The maximum atomic E-state index is 8.00. The smallest absolute Gasteiger partial charge is 0.106 e. The predicted molar refractivity (Wildman–Crippen MR) is 104 cm³/mol. The first-order valence-electron chi connectivity index (χ1n) is 8.29. The molecule has 0 heterocycles. The van der Waals surface area contributed by atoms with Crippen molar-refractivity contribution >= 4 is 12.4 Å². The third-order valence-corrected chi connectivity index (χ3v) is 3.44. The van der Waals surface area contributed by atoms with E-state index in [1.165, 1.54) is 42.4 Å². The molecule has 0 radical (unpaired) electrons. The third kappa shape index (κ3) is 8.77. The Morgan fingerprint density at radius 3 is 1.61 bits per heavy atom. The Hall–Kier alpha value is -2.15. The highest BCUT2D eigenvalue weighted by molar-refractivity contribution is 5.68. The molecule has 23 heavy (non-hydrogen) atoms. The Morgan fingerprint density at radius 1 is 0.783 bits per heavy atom. The summed E-state index contributed by atoms with van der Waals surface area (Å²) in [7, 11) is 0. The van der Waals surface area contributed by atoms with Crippen LogP contribution in [0.1, 0.15) is 52.0 Å². The van der Waals surface area contributed by atoms with E-state index in [0.717, 1.165) is 5.57 Å². The van der Waals surface area contributed by atoms with E-state index < -0.39 is 0 Å². The van der Waals surface area contributed by atoms with Crippen molar-refractivity contribution in [3.8, 4) is 11.1 Å². The largest absolute Gasteiger partial charge is 0.307 e. The Bertz CT molecular complexity index is 522. The van der Waals surface area contributed by atoms with Crippen LogP contribution < -0.4 is 0 Å². The zero-order chi connectivity index (χ0) is 17.5. The minimum Gasteiger partial charge on any atom is -0.307 e. The second-order valence-corrected chi connectivity index (χ2v) is 5.43. The van der Waals surface area contributed by atoms with Gasteiger partial charge in [-0.3, -0.25) is 0 Å². The molecule has 1 heteroatoms. The highest BCUT2D eigenvalue weighted by atomic mass is 16.1. The molecule has 0 aliphatic carbocycles. The Kier molecular flexibility index (Phi) is 12.2. The van der Waals surface area contributed by atoms with Crippen molar-refractivity contribution < 1.29 is 4.79 Å². The molecule has 0 fully saturated rings. The predicted octanol–water partition coefficient (Wildman–Crippen LogP) is 6.79. The molecule has 2 aromatic rings. The highest BCUT2D eigenvalue weighted by Crippen LogP contribution is 2.21. The topological polar surface area (TPSA) is 17.1 Å². The van der Waals surface area contributed by atoms with Gasteiger partial charge in [-0.1, -0.05) is 106 Å². The van der Waals surface area contributed by atoms with Gasteiger partial charge in [0, 0.05) is 0 Å². The minimum atomic E-state index is 1.11. The lowest BCUT2D eigenvalue weighted by Crippen LogP contribution is -1.80. The Balaban J connectivity index is 0.000000515. The first-order valence-corrected chi connectivity index (χ1v) is 8.29. The van der Waals surface area contributed by atoms with E-state index in [9.17, 15) is 0 Å². The number of unbranched alkanes of at least 4 members (excludes halogenated alkanes) is 3. The first kappa shape index (κ1) is 20.9. The lowest BCUT2D eigenvalue weighted by molar-refractivity contribution is -0.0979. The fourth-order valence-corrected chi connectivity index (χ4v) is 2.08. The number of allylic oxidation sites excluding steroid dienone is 1. The Morgan fingerprint density at radius 2 is 1.22 bits per heavy atom. The number of hydrogen-bond acceptors (Lipinski definition) is 1. The number of carbonyl (C=O) groups is 1. The summed E-state index contributed by atoms with van der Waals surface area (Å²) in [6.07, 6.45) is 5.54. The molecule has 1 nitrogen and oxygen atoms in total. The number of hydrogen-bond donors (Lipinski definition) is 0. The second-order valence-electron chi connectivity index (χ2n) is 5.43. The second kappa shape index (κ2) is 13.5. The molecule has 124 valence electrons. The summed E-state index contributed by atoms with van der Waals surface area (Å²) < 4.78 is 0. The fourth-order valence-electron chi connectivity index (χ4n) is 2.08. The van der Waals surface area contributed by atoms with Crippen molar-refractivity contribution in [2.75, 3.05) is 0 Å². The summed E-state index contributed by atoms with van der Waals surface area (Å²) in [5.74, 6) is 0. The van der Waals surface area contributed by atoms with Gasteiger partial charge in [0.25, 0.3) is 0 Å². The quantitative estimate of drug-likeness (QED) is 0.556. The average Bonchev–Trinajstić information content (AvgIpc) is 2.63. The van der Waals surface area contributed by atoms with Crippen LogP contribution in [0.25, 0.3) is 16.7 Å². The standard InChI is InChI=1S/C15H14.C6H14.CH2O/c1-12(2)13-8-10-15(11-9-13)14-6-4-3-5-7-14;1-3-5-6-4-2;1-2/h3-11H,1H2,2H3;3-6H2,1-2H3;1H2. The summed E-state index contributed by atoms with van der Waals surface area (Å²) in [6.45, 7) is 12.4. The number of carbonyl (C=O) groups excluding carboxylic acids is 1. The normalized spacial score (nSPS) is 9.00. The molecule has 0 aliphatic heterocycles. The van der Waals surface area contributed by atoms with Crippen molar-refractivity contribution in [2.24, 2.45) is 0 Å². The van der Waals surface area contributed by atoms with E-state index in [1.807, 2.05) is 19.8 Å². The van der Waals surface area contributed by atoms with E-state index in [1.54, 1.807) is 0 Å². The van der Waals surface area contributed by atoms with Gasteiger partial charge in [0.05, 0.1) is 0 Å². The van der Waals surface area contributed by atoms with Gasteiger partial charge in [-0.15, -0.1) is 0 Å². The van der Waals surface area contributed by atoms with Crippen LogP contribution in [0, 0.1) is 0 Å². The van der Waals surface area contributed by atoms with Gasteiger partial charge >= 0.3 is 0 Å². The molecule has 0 aromatic heterocycles. The summed E-state index contributed by atoms with van der Waals surface area (Å²) in [5.41, 5.74) is 4.82. The van der Waals surface area contributed by atoms with Crippen LogP contribution in [-0.4, -0.2) is 6.79 Å². The average molecular weight is 310 g/mol. The monoisotopic (exact) mass is 310 g/mol. The van der Waals surface area contributed by atoms with E-state index in [0.29, 0.717) is 0 Å². The van der Waals surface area contributed by atoms with Crippen molar-refractivity contribution in [2.45, 2.75) is 46.5 Å². The first-order chi connectivity index (χ1) is 11.2. The van der Waals surface area contributed by atoms with Gasteiger partial charge in [-0.25, -0.2) is 0 Å². The molecular formula is C22H30O. The zero-order valence-corrected chi connectivity index (χ0v) is 14.8. The summed E-state index contributed by atoms with van der Waals surface area (Å²) in [6, 6.07) is 18.9. The maximum absolute atomic E-state index is 8.00. The zero-order valence-electron chi connectivity index (χ0n) is 14.8. The summed E-state index contributed by atoms with van der Waals surface area (Å²) >= 11 is 0. The lowest BCUT2D eigenvalue weighted by atomic mass is 10.0. The number of rotatable bonds is 5. The van der Waals surface area contributed by atoms with Crippen molar-refractivity contribution in [1.29, 1.82) is 0 Å². The number of benzene rings is 2. The molecular weight excluding hydrogens is 280 g/mol. The van der Waals surface area contributed by atoms with Crippen molar-refractivity contribution in [3.63, 3.8) is 0 Å². The van der Waals surface area contributed by atoms with Crippen molar-refractivity contribution in [1.82, 2.24) is 0 Å². The van der Waals surface area contributed by atoms with Crippen LogP contribution in [0.2, 0.25) is 0 Å². The van der Waals surface area contributed by atoms with E-state index in [-0.39, 0.29) is 0 Å². The van der Waals surface area contributed by atoms with Crippen LogP contribution in [-0.2, 0) is 4.79 Å². The van der Waals surface area contributed by atoms with Crippen LogP contribution in [0.3, 0.4) is 0 Å². The van der Waals surface area contributed by atoms with Crippen LogP contribution in [0.15, 0.2) is 61.2 Å². The van der Waals surface area contributed by atoms with Gasteiger partial charge in [0.15, 0.2) is 0 Å². The maximum Gasteiger partial charge on any atom is 0.106 e. The van der Waals surface area contributed by atoms with E-state index in [4.69, 9.17) is 4.79 Å². The SMILES string of the molecule is C=C(C)c1ccc(-c2ccccc2)cc1.C=O.CCCCCC. The molecule has 0 saturated heterocycles. The molecule has 0 amide bonds. The van der Waals surface area contributed by atoms with Gasteiger partial charge in [0.2, 0.25) is 0 Å². The molecule has 0 N–H and O–H groups in total. The molecule has 2 rings (SSSR count). The summed E-state index contributed by atoms with van der Waals surface area (Å²) in [4.78, 5) is 8.00. The molecule has 0 bridgehead atoms. The van der Waals surface area contributed by atoms with Gasteiger partial charge < -0.3 is 4.79 Å². The van der Waals surface area contributed by atoms with Crippen LogP contribution >= 0.6 is 0 Å². The highest BCUT2D eigenvalue weighted by Gasteiger charge is 1.97. The van der Waals surface area contributed by atoms with E-state index in [2.05, 4.69) is 69.0 Å².